The molecule has 0 aromatic heterocycles. The second-order valence-electron chi connectivity index (χ2n) is 6.87. The van der Waals surface area contributed by atoms with Gasteiger partial charge in [-0.3, -0.25) is 4.79 Å². The van der Waals surface area contributed by atoms with Gasteiger partial charge in [-0.2, -0.15) is 0 Å². The van der Waals surface area contributed by atoms with Crippen molar-refractivity contribution in [2.75, 3.05) is 26.2 Å². The molecular weight excluding hydrogens is 248 g/mol. The van der Waals surface area contributed by atoms with E-state index in [1.54, 1.807) is 0 Å². The number of rotatable bonds is 3. The Kier molecular flexibility index (Phi) is 5.07. The number of carbonyl (C=O) groups is 1. The number of amides is 1. The molecule has 1 amide bonds. The molecule has 106 valence electrons. The van der Waals surface area contributed by atoms with Gasteiger partial charge in [-0.05, 0) is 24.2 Å². The van der Waals surface area contributed by atoms with Crippen molar-refractivity contribution in [3.63, 3.8) is 0 Å². The Morgan fingerprint density at radius 3 is 2.22 bits per heavy atom. The maximum atomic E-state index is 12.5. The number of fused-ring (bicyclic) bond motifs is 1. The van der Waals surface area contributed by atoms with Crippen LogP contribution in [-0.4, -0.2) is 37.0 Å². The number of carbonyl (C=O) groups excluding carboxylic acids is 1. The fraction of sp³-hybridized carbons (Fsp3) is 0.929. The van der Waals surface area contributed by atoms with E-state index < -0.39 is 0 Å². The first-order chi connectivity index (χ1) is 7.90. The van der Waals surface area contributed by atoms with Gasteiger partial charge in [-0.1, -0.05) is 27.7 Å². The first-order valence-electron chi connectivity index (χ1n) is 6.90. The zero-order chi connectivity index (χ0) is 12.6. The van der Waals surface area contributed by atoms with E-state index in [9.17, 15) is 4.79 Å². The van der Waals surface area contributed by atoms with Crippen LogP contribution < -0.4 is 5.32 Å². The molecule has 2 aliphatic heterocycles. The summed E-state index contributed by atoms with van der Waals surface area (Å²) < 4.78 is 0. The van der Waals surface area contributed by atoms with Crippen LogP contribution in [0.15, 0.2) is 0 Å². The highest BCUT2D eigenvalue weighted by Crippen LogP contribution is 2.33. The minimum Gasteiger partial charge on any atom is -0.342 e. The highest BCUT2D eigenvalue weighted by atomic mass is 35.5. The zero-order valence-electron chi connectivity index (χ0n) is 12.0. The maximum absolute atomic E-state index is 12.5. The van der Waals surface area contributed by atoms with Gasteiger partial charge in [-0.15, -0.1) is 12.4 Å². The molecule has 18 heavy (non-hydrogen) atoms. The molecule has 0 aliphatic carbocycles. The van der Waals surface area contributed by atoms with Crippen LogP contribution in [0.5, 0.6) is 0 Å². The number of hydrogen-bond donors (Lipinski definition) is 1. The molecule has 0 saturated carbocycles. The largest absolute Gasteiger partial charge is 0.342 e. The second-order valence-corrected chi connectivity index (χ2v) is 6.87. The highest BCUT2D eigenvalue weighted by Gasteiger charge is 2.42. The highest BCUT2D eigenvalue weighted by molar-refractivity contribution is 5.85. The van der Waals surface area contributed by atoms with E-state index >= 15 is 0 Å². The van der Waals surface area contributed by atoms with Gasteiger partial charge in [0.1, 0.15) is 0 Å². The third-order valence-electron chi connectivity index (χ3n) is 4.17. The average molecular weight is 275 g/mol. The second kappa shape index (κ2) is 5.79. The van der Waals surface area contributed by atoms with Crippen molar-refractivity contribution < 1.29 is 4.79 Å². The van der Waals surface area contributed by atoms with E-state index in [1.165, 1.54) is 0 Å². The molecule has 2 atom stereocenters. The summed E-state index contributed by atoms with van der Waals surface area (Å²) in [7, 11) is 0. The van der Waals surface area contributed by atoms with Crippen molar-refractivity contribution in [3.8, 4) is 0 Å². The lowest BCUT2D eigenvalue weighted by Gasteiger charge is -2.31. The summed E-state index contributed by atoms with van der Waals surface area (Å²) in [6.45, 7) is 12.7. The van der Waals surface area contributed by atoms with Crippen LogP contribution >= 0.6 is 12.4 Å². The first kappa shape index (κ1) is 15.8. The summed E-state index contributed by atoms with van der Waals surface area (Å²) in [5.41, 5.74) is -0.194. The van der Waals surface area contributed by atoms with Crippen LogP contribution in [0, 0.1) is 23.2 Å². The Bertz CT molecular complexity index is 292. The number of likely N-dealkylation sites (tertiary alicyclic amines) is 1. The maximum Gasteiger partial charge on any atom is 0.228 e. The molecule has 0 aromatic carbocycles. The van der Waals surface area contributed by atoms with Gasteiger partial charge in [0.15, 0.2) is 0 Å². The summed E-state index contributed by atoms with van der Waals surface area (Å²) in [5.74, 6) is 2.35. The molecule has 1 N–H and O–H groups in total. The predicted octanol–water partition coefficient (Wildman–Crippen LogP) is 2.16. The molecule has 0 radical (unpaired) electrons. The predicted molar refractivity (Wildman–Crippen MR) is 76.9 cm³/mol. The molecule has 2 saturated heterocycles. The van der Waals surface area contributed by atoms with E-state index in [0.29, 0.717) is 23.7 Å². The van der Waals surface area contributed by atoms with E-state index in [4.69, 9.17) is 0 Å². The number of nitrogens with zero attached hydrogens (tertiary/aromatic N) is 1. The molecule has 2 fully saturated rings. The molecular formula is C14H27ClN2O. The van der Waals surface area contributed by atoms with Gasteiger partial charge in [0.05, 0.1) is 0 Å². The summed E-state index contributed by atoms with van der Waals surface area (Å²) in [6.07, 6.45) is 0.982. The Hall–Kier alpha value is -0.280. The van der Waals surface area contributed by atoms with Crippen LogP contribution in [0.2, 0.25) is 0 Å². The van der Waals surface area contributed by atoms with Crippen LogP contribution in [0.1, 0.15) is 34.1 Å². The van der Waals surface area contributed by atoms with E-state index in [2.05, 4.69) is 37.9 Å². The van der Waals surface area contributed by atoms with Gasteiger partial charge in [0, 0.05) is 31.6 Å². The molecule has 3 nitrogen and oxygen atoms in total. The molecule has 2 heterocycles. The number of halogens is 1. The van der Waals surface area contributed by atoms with Crippen molar-refractivity contribution in [2.45, 2.75) is 34.1 Å². The lowest BCUT2D eigenvalue weighted by molar-refractivity contribution is -0.140. The first-order valence-corrected chi connectivity index (χ1v) is 6.90. The number of hydrogen-bond acceptors (Lipinski definition) is 2. The zero-order valence-corrected chi connectivity index (χ0v) is 12.8. The van der Waals surface area contributed by atoms with Gasteiger partial charge < -0.3 is 10.2 Å². The minimum atomic E-state index is -0.194. The lowest BCUT2D eigenvalue weighted by atomic mass is 9.82. The van der Waals surface area contributed by atoms with Gasteiger partial charge in [0.2, 0.25) is 5.91 Å². The van der Waals surface area contributed by atoms with Crippen LogP contribution in [-0.2, 0) is 4.79 Å². The molecule has 4 heteroatoms. The van der Waals surface area contributed by atoms with E-state index in [1.807, 2.05) is 0 Å². The van der Waals surface area contributed by atoms with Crippen molar-refractivity contribution in [3.05, 3.63) is 0 Å². The Labute approximate surface area is 117 Å². The Morgan fingerprint density at radius 1 is 1.28 bits per heavy atom. The number of nitrogens with one attached hydrogen (secondary N) is 1. The fourth-order valence-corrected chi connectivity index (χ4v) is 3.56. The van der Waals surface area contributed by atoms with Crippen molar-refractivity contribution >= 4 is 18.3 Å². The van der Waals surface area contributed by atoms with E-state index in [-0.39, 0.29) is 17.8 Å². The third-order valence-corrected chi connectivity index (χ3v) is 4.17. The van der Waals surface area contributed by atoms with Crippen molar-refractivity contribution in [1.29, 1.82) is 0 Å². The quantitative estimate of drug-likeness (QED) is 0.855. The summed E-state index contributed by atoms with van der Waals surface area (Å²) in [6, 6.07) is 0. The van der Waals surface area contributed by atoms with Crippen LogP contribution in [0.4, 0.5) is 0 Å². The topological polar surface area (TPSA) is 32.3 Å². The average Bonchev–Trinajstić information content (AvgIpc) is 2.72. The Balaban J connectivity index is 0.00000162. The normalized spacial score (nSPS) is 27.3. The molecule has 0 spiro atoms. The van der Waals surface area contributed by atoms with E-state index in [0.717, 1.165) is 32.6 Å². The minimum absolute atomic E-state index is 0. The lowest BCUT2D eigenvalue weighted by Crippen LogP contribution is -2.41. The smallest absolute Gasteiger partial charge is 0.228 e. The SMILES string of the molecule is CC(C)CC(C)(C)C(=O)N1C[C@H]2CNC[C@H]2C1.Cl. The molecule has 0 bridgehead atoms. The standard InChI is InChI=1S/C14H26N2O.ClH/c1-10(2)5-14(3,4)13(17)16-8-11-6-15-7-12(11)9-16;/h10-12,15H,5-9H2,1-4H3;1H/t11-,12+;. The van der Waals surface area contributed by atoms with Crippen LogP contribution in [0.3, 0.4) is 0 Å². The fourth-order valence-electron chi connectivity index (χ4n) is 3.56. The molecule has 2 rings (SSSR count). The van der Waals surface area contributed by atoms with Gasteiger partial charge in [-0.25, -0.2) is 0 Å². The molecule has 2 aliphatic rings. The van der Waals surface area contributed by atoms with Crippen LogP contribution in [0.25, 0.3) is 0 Å². The third kappa shape index (κ3) is 3.18. The summed E-state index contributed by atoms with van der Waals surface area (Å²) in [4.78, 5) is 14.6. The van der Waals surface area contributed by atoms with Gasteiger partial charge >= 0.3 is 0 Å². The molecule has 0 unspecified atom stereocenters. The van der Waals surface area contributed by atoms with Gasteiger partial charge in [0.25, 0.3) is 0 Å². The monoisotopic (exact) mass is 274 g/mol. The van der Waals surface area contributed by atoms with Crippen molar-refractivity contribution in [2.24, 2.45) is 23.2 Å². The molecule has 0 aromatic rings. The van der Waals surface area contributed by atoms with Crippen molar-refractivity contribution in [1.82, 2.24) is 10.2 Å². The summed E-state index contributed by atoms with van der Waals surface area (Å²) >= 11 is 0. The summed E-state index contributed by atoms with van der Waals surface area (Å²) in [5, 5.41) is 3.42. The Morgan fingerprint density at radius 2 is 1.78 bits per heavy atom.